The van der Waals surface area contributed by atoms with E-state index in [-0.39, 0.29) is 25.3 Å². The van der Waals surface area contributed by atoms with Gasteiger partial charge in [-0.05, 0) is 18.2 Å². The zero-order chi connectivity index (χ0) is 19.3. The second kappa shape index (κ2) is 8.41. The number of nitrogens with two attached hydrogens (primary N) is 1. The van der Waals surface area contributed by atoms with E-state index in [0.717, 1.165) is 0 Å². The van der Waals surface area contributed by atoms with Gasteiger partial charge in [0.25, 0.3) is 0 Å². The molecule has 3 N–H and O–H groups in total. The number of carbonyl (C=O) groups excluding carboxylic acids is 1. The van der Waals surface area contributed by atoms with Crippen LogP contribution in [0, 0.1) is 0 Å². The summed E-state index contributed by atoms with van der Waals surface area (Å²) in [5.74, 6) is -0.192. The van der Waals surface area contributed by atoms with Crippen LogP contribution in [0.5, 0.6) is 5.75 Å². The molecule has 0 atom stereocenters. The number of halogens is 4. The van der Waals surface area contributed by atoms with Crippen molar-refractivity contribution >= 4 is 17.5 Å². The van der Waals surface area contributed by atoms with Crippen LogP contribution >= 0.6 is 11.6 Å². The molecule has 26 heavy (non-hydrogen) atoms. The molecule has 0 saturated carbocycles. The summed E-state index contributed by atoms with van der Waals surface area (Å²) < 4.78 is 43.4. The maximum absolute atomic E-state index is 12.1. The summed E-state index contributed by atoms with van der Waals surface area (Å²) in [6, 6.07) is 4.61. The molecule has 1 aromatic heterocycles. The summed E-state index contributed by atoms with van der Waals surface area (Å²) >= 11 is 6.15. The summed E-state index contributed by atoms with van der Waals surface area (Å²) in [6.45, 7) is 0.177. The van der Waals surface area contributed by atoms with E-state index in [2.05, 4.69) is 10.4 Å². The van der Waals surface area contributed by atoms with E-state index in [1.807, 2.05) is 0 Å². The van der Waals surface area contributed by atoms with Crippen molar-refractivity contribution in [2.45, 2.75) is 12.6 Å². The van der Waals surface area contributed by atoms with E-state index in [4.69, 9.17) is 22.1 Å². The van der Waals surface area contributed by atoms with Gasteiger partial charge in [-0.25, -0.2) is 0 Å². The largest absolute Gasteiger partial charge is 0.492 e. The number of primary amides is 1. The Labute approximate surface area is 153 Å². The summed E-state index contributed by atoms with van der Waals surface area (Å²) in [6.07, 6.45) is -3.64. The van der Waals surface area contributed by atoms with Crippen molar-refractivity contribution in [3.63, 3.8) is 0 Å². The molecule has 1 amide bonds. The smallest absolute Gasteiger partial charge is 0.390 e. The van der Waals surface area contributed by atoms with Crippen LogP contribution < -0.4 is 15.8 Å². The van der Waals surface area contributed by atoms with Gasteiger partial charge >= 0.3 is 6.18 Å². The van der Waals surface area contributed by atoms with E-state index < -0.39 is 18.5 Å². The van der Waals surface area contributed by atoms with Gasteiger partial charge in [0.1, 0.15) is 12.4 Å². The van der Waals surface area contributed by atoms with Gasteiger partial charge in [-0.2, -0.15) is 18.3 Å². The third-order valence-corrected chi connectivity index (χ3v) is 3.81. The number of hydrogen-bond acceptors (Lipinski definition) is 4. The van der Waals surface area contributed by atoms with E-state index >= 15 is 0 Å². The van der Waals surface area contributed by atoms with Crippen LogP contribution in [-0.2, 0) is 7.05 Å². The average Bonchev–Trinajstić information content (AvgIpc) is 2.88. The first-order valence-electron chi connectivity index (χ1n) is 7.71. The topological polar surface area (TPSA) is 82.2 Å². The Hall–Kier alpha value is -2.26. The number of aryl methyl sites for hydroxylation is 1. The molecule has 2 aromatic rings. The summed E-state index contributed by atoms with van der Waals surface area (Å²) in [4.78, 5) is 11.4. The Kier molecular flexibility index (Phi) is 6.49. The molecule has 10 heteroatoms. The molecule has 0 bridgehead atoms. The lowest BCUT2D eigenvalue weighted by Crippen LogP contribution is -2.26. The first-order chi connectivity index (χ1) is 12.2. The molecule has 0 saturated heterocycles. The van der Waals surface area contributed by atoms with Crippen molar-refractivity contribution in [1.82, 2.24) is 15.1 Å². The predicted octanol–water partition coefficient (Wildman–Crippen LogP) is 2.76. The molecular weight excluding hydrogens is 373 g/mol. The van der Waals surface area contributed by atoms with Crippen molar-refractivity contribution in [3.8, 4) is 17.0 Å². The molecular formula is C16H18ClF3N4O2. The van der Waals surface area contributed by atoms with Gasteiger partial charge in [-0.3, -0.25) is 9.48 Å². The molecule has 2 rings (SSSR count). The molecule has 1 heterocycles. The highest BCUT2D eigenvalue weighted by Gasteiger charge is 2.25. The van der Waals surface area contributed by atoms with Crippen LogP contribution in [0.4, 0.5) is 13.2 Å². The minimum Gasteiger partial charge on any atom is -0.492 e. The van der Waals surface area contributed by atoms with Gasteiger partial charge in [0, 0.05) is 31.3 Å². The van der Waals surface area contributed by atoms with Gasteiger partial charge in [-0.1, -0.05) is 11.6 Å². The number of hydrogen-bond donors (Lipinski definition) is 2. The minimum absolute atomic E-state index is 0.135. The van der Waals surface area contributed by atoms with Gasteiger partial charge in [0.2, 0.25) is 5.91 Å². The highest BCUT2D eigenvalue weighted by Crippen LogP contribution is 2.35. The number of alkyl halides is 3. The number of amides is 1. The Bertz CT molecular complexity index is 758. The third-order valence-electron chi connectivity index (χ3n) is 3.53. The van der Waals surface area contributed by atoms with Crippen LogP contribution in [0.3, 0.4) is 0 Å². The van der Waals surface area contributed by atoms with Gasteiger partial charge < -0.3 is 15.8 Å². The van der Waals surface area contributed by atoms with Crippen LogP contribution in [0.2, 0.25) is 5.02 Å². The standard InChI is InChI=1S/C16H18ClF3N4O2/c1-24-14(12(17)9-23-24)11-8-10(15(21)25)2-3-13(11)26-7-6-22-5-4-16(18,19)20/h2-3,8-9,22H,4-7H2,1H3,(H2,21,25). The Morgan fingerprint density at radius 3 is 2.69 bits per heavy atom. The molecule has 6 nitrogen and oxygen atoms in total. The van der Waals surface area contributed by atoms with Crippen LogP contribution in [0.25, 0.3) is 11.3 Å². The van der Waals surface area contributed by atoms with Crippen LogP contribution in [-0.4, -0.2) is 41.6 Å². The molecule has 142 valence electrons. The quantitative estimate of drug-likeness (QED) is 0.679. The Balaban J connectivity index is 2.10. The van der Waals surface area contributed by atoms with Crippen molar-refractivity contribution in [1.29, 1.82) is 0 Å². The molecule has 0 spiro atoms. The normalized spacial score (nSPS) is 11.6. The summed E-state index contributed by atoms with van der Waals surface area (Å²) in [5, 5.41) is 7.07. The zero-order valence-electron chi connectivity index (χ0n) is 13.9. The molecule has 1 aromatic carbocycles. The summed E-state index contributed by atoms with van der Waals surface area (Å²) in [5.41, 5.74) is 6.64. The van der Waals surface area contributed by atoms with Crippen molar-refractivity contribution < 1.29 is 22.7 Å². The van der Waals surface area contributed by atoms with E-state index in [1.165, 1.54) is 23.0 Å². The number of nitrogens with one attached hydrogen (secondary N) is 1. The lowest BCUT2D eigenvalue weighted by molar-refractivity contribution is -0.133. The summed E-state index contributed by atoms with van der Waals surface area (Å²) in [7, 11) is 1.68. The SMILES string of the molecule is Cn1ncc(Cl)c1-c1cc(C(N)=O)ccc1OCCNCCC(F)(F)F. The molecule has 0 aliphatic heterocycles. The highest BCUT2D eigenvalue weighted by molar-refractivity contribution is 6.33. The van der Waals surface area contributed by atoms with Crippen molar-refractivity contribution in [3.05, 3.63) is 35.0 Å². The predicted molar refractivity (Wildman–Crippen MR) is 91.2 cm³/mol. The van der Waals surface area contributed by atoms with Gasteiger partial charge in [0.05, 0.1) is 23.3 Å². The number of carbonyl (C=O) groups is 1. The first kappa shape index (κ1) is 20.1. The monoisotopic (exact) mass is 390 g/mol. The van der Waals surface area contributed by atoms with Gasteiger partial charge in [0.15, 0.2) is 0 Å². The van der Waals surface area contributed by atoms with Gasteiger partial charge in [-0.15, -0.1) is 0 Å². The lowest BCUT2D eigenvalue weighted by Gasteiger charge is -2.14. The van der Waals surface area contributed by atoms with E-state index in [9.17, 15) is 18.0 Å². The fourth-order valence-electron chi connectivity index (χ4n) is 2.30. The van der Waals surface area contributed by atoms with E-state index in [1.54, 1.807) is 13.1 Å². The minimum atomic E-state index is -4.19. The van der Waals surface area contributed by atoms with Crippen molar-refractivity contribution in [2.24, 2.45) is 12.8 Å². The number of ether oxygens (including phenoxy) is 1. The molecule has 0 aliphatic carbocycles. The Morgan fingerprint density at radius 1 is 1.38 bits per heavy atom. The third kappa shape index (κ3) is 5.37. The molecule has 0 fully saturated rings. The average molecular weight is 391 g/mol. The molecule has 0 aliphatic rings. The van der Waals surface area contributed by atoms with Crippen LogP contribution in [0.1, 0.15) is 16.8 Å². The molecule has 0 unspecified atom stereocenters. The molecule has 0 radical (unpaired) electrons. The number of rotatable bonds is 8. The van der Waals surface area contributed by atoms with E-state index in [0.29, 0.717) is 22.0 Å². The second-order valence-electron chi connectivity index (χ2n) is 5.50. The highest BCUT2D eigenvalue weighted by atomic mass is 35.5. The lowest BCUT2D eigenvalue weighted by atomic mass is 10.1. The number of aromatic nitrogens is 2. The maximum atomic E-state index is 12.1. The number of nitrogens with zero attached hydrogens (tertiary/aromatic N) is 2. The van der Waals surface area contributed by atoms with Crippen LogP contribution in [0.15, 0.2) is 24.4 Å². The second-order valence-corrected chi connectivity index (χ2v) is 5.91. The fourth-order valence-corrected chi connectivity index (χ4v) is 2.56. The maximum Gasteiger partial charge on any atom is 0.390 e. The number of benzene rings is 1. The zero-order valence-corrected chi connectivity index (χ0v) is 14.7. The Morgan fingerprint density at radius 2 is 2.12 bits per heavy atom. The first-order valence-corrected chi connectivity index (χ1v) is 8.09. The fraction of sp³-hybridized carbons (Fsp3) is 0.375. The van der Waals surface area contributed by atoms with Crippen molar-refractivity contribution in [2.75, 3.05) is 19.7 Å².